The van der Waals surface area contributed by atoms with E-state index in [1.54, 1.807) is 12.1 Å². The lowest BCUT2D eigenvalue weighted by molar-refractivity contribution is -0.384. The largest absolute Gasteiger partial charge is 0.396 e. The van der Waals surface area contributed by atoms with E-state index in [0.717, 1.165) is 5.69 Å². The molecule has 5 heteroatoms. The molecule has 0 aliphatic heterocycles. The summed E-state index contributed by atoms with van der Waals surface area (Å²) in [5.74, 6) is 0. The van der Waals surface area contributed by atoms with E-state index in [1.807, 2.05) is 0 Å². The van der Waals surface area contributed by atoms with Crippen molar-refractivity contribution < 1.29 is 10.0 Å². The molecule has 0 spiro atoms. The Morgan fingerprint density at radius 3 is 2.28 bits per heavy atom. The van der Waals surface area contributed by atoms with Crippen LogP contribution in [0.15, 0.2) is 24.3 Å². The summed E-state index contributed by atoms with van der Waals surface area (Å²) in [6.07, 6.45) is 0.639. The molecule has 1 atom stereocenters. The molecule has 100 valence electrons. The Bertz CT molecular complexity index is 396. The number of aliphatic hydroxyl groups is 1. The molecule has 2 N–H and O–H groups in total. The minimum Gasteiger partial charge on any atom is -0.396 e. The summed E-state index contributed by atoms with van der Waals surface area (Å²) in [6, 6.07) is 6.44. The van der Waals surface area contributed by atoms with Crippen molar-refractivity contribution in [1.82, 2.24) is 0 Å². The van der Waals surface area contributed by atoms with E-state index in [1.165, 1.54) is 12.1 Å². The first-order valence-electron chi connectivity index (χ1n) is 5.96. The van der Waals surface area contributed by atoms with Crippen molar-refractivity contribution in [2.45, 2.75) is 33.2 Å². The summed E-state index contributed by atoms with van der Waals surface area (Å²) in [7, 11) is 0. The minimum atomic E-state index is -0.418. The zero-order chi connectivity index (χ0) is 13.8. The molecular formula is C13H20N2O3. The van der Waals surface area contributed by atoms with E-state index in [2.05, 4.69) is 26.1 Å². The van der Waals surface area contributed by atoms with Gasteiger partial charge < -0.3 is 10.4 Å². The highest BCUT2D eigenvalue weighted by molar-refractivity contribution is 5.49. The molecule has 1 rings (SSSR count). The average molecular weight is 252 g/mol. The number of anilines is 1. The predicted octanol–water partition coefficient (Wildman–Crippen LogP) is 2.80. The Morgan fingerprint density at radius 2 is 1.89 bits per heavy atom. The highest BCUT2D eigenvalue weighted by Crippen LogP contribution is 2.26. The third-order valence-electron chi connectivity index (χ3n) is 2.88. The van der Waals surface area contributed by atoms with E-state index in [-0.39, 0.29) is 23.8 Å². The maximum Gasteiger partial charge on any atom is 0.269 e. The number of nitro benzene ring substituents is 1. The van der Waals surface area contributed by atoms with Crippen LogP contribution < -0.4 is 5.32 Å². The van der Waals surface area contributed by atoms with E-state index >= 15 is 0 Å². The zero-order valence-electron chi connectivity index (χ0n) is 11.0. The van der Waals surface area contributed by atoms with Gasteiger partial charge in [-0.15, -0.1) is 0 Å². The third kappa shape index (κ3) is 4.00. The van der Waals surface area contributed by atoms with Crippen LogP contribution in [0, 0.1) is 15.5 Å². The van der Waals surface area contributed by atoms with Crippen molar-refractivity contribution >= 4 is 11.4 Å². The van der Waals surface area contributed by atoms with Crippen molar-refractivity contribution in [2.24, 2.45) is 5.41 Å². The third-order valence-corrected chi connectivity index (χ3v) is 2.88. The molecule has 0 saturated heterocycles. The molecule has 0 amide bonds. The van der Waals surface area contributed by atoms with E-state index in [4.69, 9.17) is 5.11 Å². The monoisotopic (exact) mass is 252 g/mol. The number of nitrogens with one attached hydrogen (secondary N) is 1. The number of non-ortho nitro benzene ring substituents is 1. The van der Waals surface area contributed by atoms with Gasteiger partial charge in [0.1, 0.15) is 0 Å². The molecule has 5 nitrogen and oxygen atoms in total. The summed E-state index contributed by atoms with van der Waals surface area (Å²) in [5.41, 5.74) is 0.911. The number of benzene rings is 1. The van der Waals surface area contributed by atoms with Crippen LogP contribution in [0.4, 0.5) is 11.4 Å². The van der Waals surface area contributed by atoms with Gasteiger partial charge in [0.15, 0.2) is 0 Å². The Morgan fingerprint density at radius 1 is 1.33 bits per heavy atom. The first kappa shape index (κ1) is 14.4. The van der Waals surface area contributed by atoms with Gasteiger partial charge in [0.25, 0.3) is 5.69 Å². The molecule has 1 unspecified atom stereocenters. The van der Waals surface area contributed by atoms with Crippen LogP contribution in [0.5, 0.6) is 0 Å². The number of nitrogens with zero attached hydrogens (tertiary/aromatic N) is 1. The Kier molecular flexibility index (Phi) is 4.67. The lowest BCUT2D eigenvalue weighted by Crippen LogP contribution is -2.34. The zero-order valence-corrected chi connectivity index (χ0v) is 11.0. The van der Waals surface area contributed by atoms with Crippen molar-refractivity contribution in [3.8, 4) is 0 Å². The molecule has 0 aliphatic carbocycles. The maximum absolute atomic E-state index is 10.5. The number of hydrogen-bond donors (Lipinski definition) is 2. The van der Waals surface area contributed by atoms with Crippen molar-refractivity contribution in [3.63, 3.8) is 0 Å². The van der Waals surface area contributed by atoms with Crippen LogP contribution in [-0.4, -0.2) is 22.7 Å². The quantitative estimate of drug-likeness (QED) is 0.624. The summed E-state index contributed by atoms with van der Waals surface area (Å²) in [4.78, 5) is 10.1. The van der Waals surface area contributed by atoms with Gasteiger partial charge in [-0.1, -0.05) is 20.8 Å². The van der Waals surface area contributed by atoms with Crippen molar-refractivity contribution in [2.75, 3.05) is 11.9 Å². The first-order valence-corrected chi connectivity index (χ1v) is 5.96. The Hall–Kier alpha value is -1.62. The first-order chi connectivity index (χ1) is 8.34. The van der Waals surface area contributed by atoms with E-state index < -0.39 is 4.92 Å². The van der Waals surface area contributed by atoms with Gasteiger partial charge in [-0.25, -0.2) is 0 Å². The average Bonchev–Trinajstić information content (AvgIpc) is 2.28. The maximum atomic E-state index is 10.5. The summed E-state index contributed by atoms with van der Waals surface area (Å²) in [6.45, 7) is 6.38. The van der Waals surface area contributed by atoms with Gasteiger partial charge in [-0.3, -0.25) is 10.1 Å². The summed E-state index contributed by atoms with van der Waals surface area (Å²) in [5, 5.41) is 22.9. The normalized spacial score (nSPS) is 13.1. The van der Waals surface area contributed by atoms with Crippen LogP contribution >= 0.6 is 0 Å². The molecule has 1 aromatic rings. The number of nitro groups is 1. The topological polar surface area (TPSA) is 75.4 Å². The van der Waals surface area contributed by atoms with Gasteiger partial charge in [0.05, 0.1) is 4.92 Å². The van der Waals surface area contributed by atoms with Gasteiger partial charge in [0.2, 0.25) is 0 Å². The van der Waals surface area contributed by atoms with Crippen LogP contribution in [0.3, 0.4) is 0 Å². The molecule has 0 heterocycles. The van der Waals surface area contributed by atoms with Gasteiger partial charge in [0, 0.05) is 30.5 Å². The lowest BCUT2D eigenvalue weighted by Gasteiger charge is -2.32. The second-order valence-electron chi connectivity index (χ2n) is 5.38. The fourth-order valence-electron chi connectivity index (χ4n) is 1.73. The SMILES string of the molecule is CC(C)(C)C(CCO)Nc1ccc([N+](=O)[O-])cc1. The molecule has 0 radical (unpaired) electrons. The highest BCUT2D eigenvalue weighted by Gasteiger charge is 2.23. The van der Waals surface area contributed by atoms with Gasteiger partial charge in [-0.2, -0.15) is 0 Å². The molecule has 18 heavy (non-hydrogen) atoms. The standard InChI is InChI=1S/C13H20N2O3/c1-13(2,3)12(8-9-16)14-10-4-6-11(7-5-10)15(17)18/h4-7,12,14,16H,8-9H2,1-3H3. The molecule has 0 aromatic heterocycles. The van der Waals surface area contributed by atoms with Gasteiger partial charge >= 0.3 is 0 Å². The Balaban J connectivity index is 2.78. The fourth-order valence-corrected chi connectivity index (χ4v) is 1.73. The molecular weight excluding hydrogens is 232 g/mol. The molecule has 1 aromatic carbocycles. The second-order valence-corrected chi connectivity index (χ2v) is 5.38. The number of rotatable bonds is 5. The summed E-state index contributed by atoms with van der Waals surface area (Å²) >= 11 is 0. The molecule has 0 aliphatic rings. The lowest BCUT2D eigenvalue weighted by atomic mass is 9.85. The summed E-state index contributed by atoms with van der Waals surface area (Å²) < 4.78 is 0. The van der Waals surface area contributed by atoms with Crippen LogP contribution in [0.25, 0.3) is 0 Å². The minimum absolute atomic E-state index is 0.00447. The smallest absolute Gasteiger partial charge is 0.269 e. The number of aliphatic hydroxyl groups excluding tert-OH is 1. The van der Waals surface area contributed by atoms with E-state index in [9.17, 15) is 10.1 Å². The Labute approximate surface area is 107 Å². The fraction of sp³-hybridized carbons (Fsp3) is 0.538. The molecule has 0 saturated carbocycles. The number of hydrogen-bond acceptors (Lipinski definition) is 4. The molecule has 0 bridgehead atoms. The van der Waals surface area contributed by atoms with Crippen molar-refractivity contribution in [3.05, 3.63) is 34.4 Å². The second kappa shape index (κ2) is 5.82. The van der Waals surface area contributed by atoms with Gasteiger partial charge in [-0.05, 0) is 24.0 Å². The predicted molar refractivity (Wildman–Crippen MR) is 71.7 cm³/mol. The van der Waals surface area contributed by atoms with Crippen molar-refractivity contribution in [1.29, 1.82) is 0 Å². The molecule has 0 fully saturated rings. The van der Waals surface area contributed by atoms with Crippen LogP contribution in [0.1, 0.15) is 27.2 Å². The highest BCUT2D eigenvalue weighted by atomic mass is 16.6. The van der Waals surface area contributed by atoms with Crippen LogP contribution in [0.2, 0.25) is 0 Å². The van der Waals surface area contributed by atoms with E-state index in [0.29, 0.717) is 6.42 Å². The van der Waals surface area contributed by atoms with Crippen LogP contribution in [-0.2, 0) is 0 Å².